The van der Waals surface area contributed by atoms with Gasteiger partial charge in [-0.25, -0.2) is 4.79 Å². The summed E-state index contributed by atoms with van der Waals surface area (Å²) in [6.45, 7) is 7.79. The molecule has 1 atom stereocenters. The first-order valence-corrected chi connectivity index (χ1v) is 5.40. The van der Waals surface area contributed by atoms with Gasteiger partial charge in [-0.15, -0.1) is 0 Å². The van der Waals surface area contributed by atoms with Gasteiger partial charge in [-0.2, -0.15) is 5.26 Å². The second-order valence-electron chi connectivity index (χ2n) is 3.89. The average molecular weight is 207 g/mol. The highest BCUT2D eigenvalue weighted by atomic mass is 16.5. The summed E-state index contributed by atoms with van der Waals surface area (Å²) >= 11 is 0. The van der Waals surface area contributed by atoms with Crippen LogP contribution in [-0.4, -0.2) is 12.6 Å². The highest BCUT2D eigenvalue weighted by molar-refractivity contribution is 5.84. The van der Waals surface area contributed by atoms with Crippen molar-refractivity contribution in [3.05, 3.63) is 12.2 Å². The minimum atomic E-state index is -1.11. The molecule has 1 fully saturated rings. The van der Waals surface area contributed by atoms with Gasteiger partial charge in [-0.3, -0.25) is 0 Å². The zero-order valence-electron chi connectivity index (χ0n) is 9.38. The van der Waals surface area contributed by atoms with Crippen LogP contribution in [0.25, 0.3) is 0 Å². The first-order valence-electron chi connectivity index (χ1n) is 5.40. The molecule has 82 valence electrons. The molecular weight excluding hydrogens is 190 g/mol. The summed E-state index contributed by atoms with van der Waals surface area (Å²) in [6.07, 6.45) is 2.53. The number of carbonyl (C=O) groups is 1. The highest BCUT2D eigenvalue weighted by Gasteiger charge is 2.46. The van der Waals surface area contributed by atoms with E-state index in [9.17, 15) is 10.1 Å². The third kappa shape index (κ3) is 2.04. The van der Waals surface area contributed by atoms with Gasteiger partial charge in [-0.05, 0) is 37.7 Å². The molecule has 0 bridgehead atoms. The second kappa shape index (κ2) is 4.48. The van der Waals surface area contributed by atoms with E-state index in [0.29, 0.717) is 18.9 Å². The van der Waals surface area contributed by atoms with Gasteiger partial charge in [-0.1, -0.05) is 13.5 Å². The fraction of sp³-hybridized carbons (Fsp3) is 0.667. The van der Waals surface area contributed by atoms with Gasteiger partial charge >= 0.3 is 5.97 Å². The van der Waals surface area contributed by atoms with Crippen molar-refractivity contribution in [3.63, 3.8) is 0 Å². The fourth-order valence-electron chi connectivity index (χ4n) is 1.73. The van der Waals surface area contributed by atoms with E-state index in [1.54, 1.807) is 6.92 Å². The normalized spacial score (nSPS) is 18.7. The number of hydrogen-bond acceptors (Lipinski definition) is 3. The van der Waals surface area contributed by atoms with E-state index in [1.807, 2.05) is 6.92 Å². The van der Waals surface area contributed by atoms with Gasteiger partial charge in [0.25, 0.3) is 0 Å². The summed E-state index contributed by atoms with van der Waals surface area (Å²) in [6, 6.07) is 2.10. The summed E-state index contributed by atoms with van der Waals surface area (Å²) in [7, 11) is 0. The van der Waals surface area contributed by atoms with Crippen molar-refractivity contribution in [2.45, 2.75) is 33.1 Å². The van der Waals surface area contributed by atoms with Gasteiger partial charge < -0.3 is 4.74 Å². The number of hydrogen-bond donors (Lipinski definition) is 0. The largest absolute Gasteiger partial charge is 0.465 e. The SMILES string of the molecule is C=C(C1CC1)[C@](C#N)(CC)C(=O)OCC. The third-order valence-electron chi connectivity index (χ3n) is 2.96. The lowest BCUT2D eigenvalue weighted by atomic mass is 9.77. The van der Waals surface area contributed by atoms with E-state index in [4.69, 9.17) is 4.74 Å². The molecule has 0 aromatic carbocycles. The Labute approximate surface area is 90.7 Å². The summed E-state index contributed by atoms with van der Waals surface area (Å²) < 4.78 is 4.97. The predicted octanol–water partition coefficient (Wildman–Crippen LogP) is 2.44. The van der Waals surface area contributed by atoms with Crippen LogP contribution in [-0.2, 0) is 9.53 Å². The van der Waals surface area contributed by atoms with E-state index in [1.165, 1.54) is 0 Å². The standard InChI is InChI=1S/C12H17NO2/c1-4-12(8-13,11(14)15-5-2)9(3)10-6-7-10/h10H,3-7H2,1-2H3/t12-/m1/s1. The molecule has 1 aliphatic carbocycles. The van der Waals surface area contributed by atoms with Crippen molar-refractivity contribution in [1.29, 1.82) is 5.26 Å². The van der Waals surface area contributed by atoms with Crippen LogP contribution in [0.15, 0.2) is 12.2 Å². The van der Waals surface area contributed by atoms with E-state index in [0.717, 1.165) is 18.4 Å². The molecular formula is C12H17NO2. The fourth-order valence-corrected chi connectivity index (χ4v) is 1.73. The molecule has 0 N–H and O–H groups in total. The Kier molecular flexibility index (Phi) is 3.52. The number of nitriles is 1. The van der Waals surface area contributed by atoms with Crippen LogP contribution in [0.4, 0.5) is 0 Å². The van der Waals surface area contributed by atoms with Crippen molar-refractivity contribution in [2.24, 2.45) is 11.3 Å². The summed E-state index contributed by atoms with van der Waals surface area (Å²) in [4.78, 5) is 11.8. The number of rotatable bonds is 5. The number of carbonyl (C=O) groups excluding carboxylic acids is 1. The van der Waals surface area contributed by atoms with Crippen LogP contribution in [0.3, 0.4) is 0 Å². The monoisotopic (exact) mass is 207 g/mol. The molecule has 0 spiro atoms. The lowest BCUT2D eigenvalue weighted by Crippen LogP contribution is -2.33. The Morgan fingerprint density at radius 2 is 2.20 bits per heavy atom. The zero-order chi connectivity index (χ0) is 11.5. The molecule has 1 rings (SSSR count). The molecule has 0 unspecified atom stereocenters. The van der Waals surface area contributed by atoms with Crippen LogP contribution in [0.5, 0.6) is 0 Å². The molecule has 0 aromatic rings. The molecule has 0 aromatic heterocycles. The number of ether oxygens (including phenoxy) is 1. The smallest absolute Gasteiger partial charge is 0.330 e. The second-order valence-corrected chi connectivity index (χ2v) is 3.89. The first-order chi connectivity index (χ1) is 7.12. The molecule has 0 amide bonds. The molecule has 0 saturated heterocycles. The van der Waals surface area contributed by atoms with Crippen molar-refractivity contribution in [2.75, 3.05) is 6.61 Å². The van der Waals surface area contributed by atoms with E-state index in [2.05, 4.69) is 12.6 Å². The van der Waals surface area contributed by atoms with E-state index < -0.39 is 11.4 Å². The molecule has 0 radical (unpaired) electrons. The Morgan fingerprint density at radius 3 is 2.53 bits per heavy atom. The first kappa shape index (κ1) is 11.8. The molecule has 3 heteroatoms. The van der Waals surface area contributed by atoms with Crippen LogP contribution in [0.2, 0.25) is 0 Å². The van der Waals surface area contributed by atoms with Gasteiger partial charge in [0.1, 0.15) is 0 Å². The summed E-state index contributed by atoms with van der Waals surface area (Å²) in [5.74, 6) is -0.0964. The van der Waals surface area contributed by atoms with E-state index in [-0.39, 0.29) is 0 Å². The van der Waals surface area contributed by atoms with Gasteiger partial charge in [0.05, 0.1) is 12.7 Å². The van der Waals surface area contributed by atoms with Gasteiger partial charge in [0.15, 0.2) is 5.41 Å². The Hall–Kier alpha value is -1.30. The van der Waals surface area contributed by atoms with Crippen LogP contribution in [0, 0.1) is 22.7 Å². The highest BCUT2D eigenvalue weighted by Crippen LogP contribution is 2.46. The lowest BCUT2D eigenvalue weighted by molar-refractivity contribution is -0.150. The summed E-state index contributed by atoms with van der Waals surface area (Å²) in [5, 5.41) is 9.21. The Bertz CT molecular complexity index is 312. The van der Waals surface area contributed by atoms with Crippen LogP contribution >= 0.6 is 0 Å². The number of esters is 1. The van der Waals surface area contributed by atoms with Crippen molar-refractivity contribution in [3.8, 4) is 6.07 Å². The van der Waals surface area contributed by atoms with Crippen molar-refractivity contribution < 1.29 is 9.53 Å². The summed E-state index contributed by atoms with van der Waals surface area (Å²) in [5.41, 5.74) is -0.372. The lowest BCUT2D eigenvalue weighted by Gasteiger charge is -2.25. The zero-order valence-corrected chi connectivity index (χ0v) is 9.38. The molecule has 3 nitrogen and oxygen atoms in total. The maximum atomic E-state index is 11.8. The maximum Gasteiger partial charge on any atom is 0.330 e. The Balaban J connectivity index is 2.91. The molecule has 0 aliphatic heterocycles. The van der Waals surface area contributed by atoms with Gasteiger partial charge in [0.2, 0.25) is 0 Å². The maximum absolute atomic E-state index is 11.8. The number of nitrogens with zero attached hydrogens (tertiary/aromatic N) is 1. The molecule has 1 aliphatic rings. The minimum absolute atomic E-state index is 0.306. The average Bonchev–Trinajstić information content (AvgIpc) is 3.04. The van der Waals surface area contributed by atoms with Crippen LogP contribution in [0.1, 0.15) is 33.1 Å². The molecule has 15 heavy (non-hydrogen) atoms. The third-order valence-corrected chi connectivity index (χ3v) is 2.96. The molecule has 1 saturated carbocycles. The topological polar surface area (TPSA) is 50.1 Å². The predicted molar refractivity (Wildman–Crippen MR) is 56.8 cm³/mol. The van der Waals surface area contributed by atoms with Crippen molar-refractivity contribution >= 4 is 5.97 Å². The molecule has 0 heterocycles. The quantitative estimate of drug-likeness (QED) is 0.514. The van der Waals surface area contributed by atoms with Crippen molar-refractivity contribution in [1.82, 2.24) is 0 Å². The van der Waals surface area contributed by atoms with E-state index >= 15 is 0 Å². The Morgan fingerprint density at radius 1 is 1.60 bits per heavy atom. The van der Waals surface area contributed by atoms with Crippen LogP contribution < -0.4 is 0 Å². The minimum Gasteiger partial charge on any atom is -0.465 e. The van der Waals surface area contributed by atoms with Gasteiger partial charge in [0, 0.05) is 0 Å².